The third-order valence-corrected chi connectivity index (χ3v) is 6.13. The number of fused-ring (bicyclic) bond motifs is 1. The van der Waals surface area contributed by atoms with Gasteiger partial charge in [-0.3, -0.25) is 14.5 Å². The fourth-order valence-electron chi connectivity index (χ4n) is 3.32. The van der Waals surface area contributed by atoms with Gasteiger partial charge in [-0.2, -0.15) is 0 Å². The number of carbonyl (C=O) groups excluding carboxylic acids is 2. The van der Waals surface area contributed by atoms with Crippen LogP contribution in [0.1, 0.15) is 25.0 Å². The van der Waals surface area contributed by atoms with Crippen molar-refractivity contribution in [2.45, 2.75) is 26.5 Å². The quantitative estimate of drug-likeness (QED) is 0.383. The Morgan fingerprint density at radius 2 is 1.77 bits per heavy atom. The van der Waals surface area contributed by atoms with Gasteiger partial charge in [0.25, 0.3) is 11.1 Å². The summed E-state index contributed by atoms with van der Waals surface area (Å²) in [6.45, 7) is 4.18. The molecule has 4 nitrogen and oxygen atoms in total. The van der Waals surface area contributed by atoms with E-state index in [2.05, 4.69) is 15.9 Å². The van der Waals surface area contributed by atoms with Crippen LogP contribution in [0, 0.1) is 0 Å². The number of carbonyl (C=O) groups is 2. The van der Waals surface area contributed by atoms with Crippen molar-refractivity contribution in [1.29, 1.82) is 0 Å². The molecule has 0 saturated carbocycles. The van der Waals surface area contributed by atoms with Crippen LogP contribution >= 0.6 is 27.7 Å². The van der Waals surface area contributed by atoms with Crippen molar-refractivity contribution < 1.29 is 14.3 Å². The summed E-state index contributed by atoms with van der Waals surface area (Å²) >= 11 is 4.37. The maximum Gasteiger partial charge on any atom is 0.293 e. The van der Waals surface area contributed by atoms with Crippen LogP contribution in [-0.2, 0) is 11.3 Å². The standard InChI is InChI=1S/C24H20BrNO3S/c1-15(2)29-21-12-9-17-5-3-4-6-19(17)20(21)13-22-23(27)26(24(28)30-22)14-16-7-10-18(25)11-8-16/h3-13,15H,14H2,1-2H3/b22-13-. The summed E-state index contributed by atoms with van der Waals surface area (Å²) in [5.41, 5.74) is 1.71. The molecule has 0 atom stereocenters. The van der Waals surface area contributed by atoms with Gasteiger partial charge in [0.1, 0.15) is 5.75 Å². The third-order valence-electron chi connectivity index (χ3n) is 4.70. The smallest absolute Gasteiger partial charge is 0.293 e. The molecule has 0 aliphatic carbocycles. The highest BCUT2D eigenvalue weighted by molar-refractivity contribution is 9.10. The van der Waals surface area contributed by atoms with Gasteiger partial charge in [0.2, 0.25) is 0 Å². The van der Waals surface area contributed by atoms with E-state index in [1.165, 1.54) is 4.90 Å². The monoisotopic (exact) mass is 481 g/mol. The van der Waals surface area contributed by atoms with Crippen LogP contribution in [0.15, 0.2) is 70.0 Å². The topological polar surface area (TPSA) is 46.6 Å². The molecule has 1 fully saturated rings. The highest BCUT2D eigenvalue weighted by atomic mass is 79.9. The summed E-state index contributed by atoms with van der Waals surface area (Å²) in [6, 6.07) is 19.5. The zero-order valence-corrected chi connectivity index (χ0v) is 19.0. The maximum atomic E-state index is 13.0. The summed E-state index contributed by atoms with van der Waals surface area (Å²) in [5.74, 6) is 0.416. The predicted octanol–water partition coefficient (Wildman–Crippen LogP) is 6.63. The number of hydrogen-bond donors (Lipinski definition) is 0. The molecule has 1 aliphatic rings. The Hall–Kier alpha value is -2.57. The second-order valence-corrected chi connectivity index (χ2v) is 9.17. The Morgan fingerprint density at radius 1 is 1.03 bits per heavy atom. The molecule has 152 valence electrons. The first-order valence-electron chi connectivity index (χ1n) is 9.60. The molecule has 0 spiro atoms. The van der Waals surface area contributed by atoms with Crippen LogP contribution in [-0.4, -0.2) is 22.2 Å². The van der Waals surface area contributed by atoms with E-state index in [9.17, 15) is 9.59 Å². The lowest BCUT2D eigenvalue weighted by Crippen LogP contribution is -2.27. The molecule has 0 unspecified atom stereocenters. The molecule has 6 heteroatoms. The number of thioether (sulfide) groups is 1. The van der Waals surface area contributed by atoms with Gasteiger partial charge >= 0.3 is 0 Å². The molecule has 0 bridgehead atoms. The molecule has 1 aliphatic heterocycles. The first-order chi connectivity index (χ1) is 14.4. The largest absolute Gasteiger partial charge is 0.490 e. The number of amides is 2. The zero-order valence-electron chi connectivity index (χ0n) is 16.6. The first-order valence-corrected chi connectivity index (χ1v) is 11.2. The number of imide groups is 1. The second kappa shape index (κ2) is 8.66. The molecule has 1 heterocycles. The molecule has 3 aromatic carbocycles. The van der Waals surface area contributed by atoms with Gasteiger partial charge in [0.15, 0.2) is 0 Å². The molecule has 4 rings (SSSR count). The zero-order chi connectivity index (χ0) is 21.3. The predicted molar refractivity (Wildman–Crippen MR) is 125 cm³/mol. The van der Waals surface area contributed by atoms with Crippen molar-refractivity contribution in [3.63, 3.8) is 0 Å². The fourth-order valence-corrected chi connectivity index (χ4v) is 4.41. The number of benzene rings is 3. The van der Waals surface area contributed by atoms with E-state index in [0.717, 1.165) is 38.1 Å². The van der Waals surface area contributed by atoms with Crippen LogP contribution in [0.2, 0.25) is 0 Å². The van der Waals surface area contributed by atoms with Crippen molar-refractivity contribution in [1.82, 2.24) is 4.90 Å². The molecule has 0 radical (unpaired) electrons. The summed E-state index contributed by atoms with van der Waals surface area (Å²) in [5, 5.41) is 1.77. The highest BCUT2D eigenvalue weighted by Crippen LogP contribution is 2.37. The summed E-state index contributed by atoms with van der Waals surface area (Å²) in [4.78, 5) is 27.3. The van der Waals surface area contributed by atoms with E-state index in [-0.39, 0.29) is 23.8 Å². The number of hydrogen-bond acceptors (Lipinski definition) is 4. The second-order valence-electron chi connectivity index (χ2n) is 7.26. The molecule has 0 aromatic heterocycles. The molecule has 1 saturated heterocycles. The highest BCUT2D eigenvalue weighted by Gasteiger charge is 2.35. The van der Waals surface area contributed by atoms with Crippen molar-refractivity contribution >= 4 is 55.7 Å². The molecular formula is C24H20BrNO3S. The number of nitrogens with zero attached hydrogens (tertiary/aromatic N) is 1. The lowest BCUT2D eigenvalue weighted by molar-refractivity contribution is -0.123. The van der Waals surface area contributed by atoms with Gasteiger partial charge < -0.3 is 4.74 Å². The molecule has 30 heavy (non-hydrogen) atoms. The molecule has 3 aromatic rings. The Balaban J connectivity index is 1.71. The lowest BCUT2D eigenvalue weighted by atomic mass is 10.0. The van der Waals surface area contributed by atoms with Crippen LogP contribution in [0.25, 0.3) is 16.8 Å². The number of rotatable bonds is 5. The molecule has 2 amide bonds. The number of halogens is 1. The van der Waals surface area contributed by atoms with Gasteiger partial charge in [-0.05, 0) is 66.2 Å². The van der Waals surface area contributed by atoms with E-state index in [1.54, 1.807) is 6.08 Å². The Labute approximate surface area is 188 Å². The Morgan fingerprint density at radius 3 is 2.50 bits per heavy atom. The normalized spacial score (nSPS) is 15.6. The lowest BCUT2D eigenvalue weighted by Gasteiger charge is -2.15. The Kier molecular flexibility index (Phi) is 5.97. The minimum Gasteiger partial charge on any atom is -0.490 e. The first kappa shape index (κ1) is 20.7. The van der Waals surface area contributed by atoms with E-state index >= 15 is 0 Å². The molecular weight excluding hydrogens is 462 g/mol. The van der Waals surface area contributed by atoms with E-state index < -0.39 is 0 Å². The minimum atomic E-state index is -0.281. The summed E-state index contributed by atoms with van der Waals surface area (Å²) in [6.07, 6.45) is 1.78. The SMILES string of the molecule is CC(C)Oc1ccc2ccccc2c1/C=C1\SC(=O)N(Cc2ccc(Br)cc2)C1=O. The van der Waals surface area contributed by atoms with Crippen LogP contribution in [0.3, 0.4) is 0 Å². The van der Waals surface area contributed by atoms with E-state index in [4.69, 9.17) is 4.74 Å². The summed E-state index contributed by atoms with van der Waals surface area (Å²) < 4.78 is 6.94. The van der Waals surface area contributed by atoms with Crippen molar-refractivity contribution in [3.05, 3.63) is 81.2 Å². The average Bonchev–Trinajstić information content (AvgIpc) is 2.98. The number of ether oxygens (including phenoxy) is 1. The van der Waals surface area contributed by atoms with Crippen LogP contribution in [0.5, 0.6) is 5.75 Å². The Bertz CT molecular complexity index is 1150. The average molecular weight is 482 g/mol. The summed E-state index contributed by atoms with van der Waals surface area (Å²) in [7, 11) is 0. The van der Waals surface area contributed by atoms with E-state index in [0.29, 0.717) is 10.7 Å². The van der Waals surface area contributed by atoms with Crippen molar-refractivity contribution in [2.75, 3.05) is 0 Å². The van der Waals surface area contributed by atoms with Gasteiger partial charge in [0.05, 0.1) is 17.6 Å². The van der Waals surface area contributed by atoms with Crippen molar-refractivity contribution in [2.24, 2.45) is 0 Å². The van der Waals surface area contributed by atoms with Gasteiger partial charge in [-0.25, -0.2) is 0 Å². The van der Waals surface area contributed by atoms with Crippen molar-refractivity contribution in [3.8, 4) is 5.75 Å². The fraction of sp³-hybridized carbons (Fsp3) is 0.167. The van der Waals surface area contributed by atoms with Gasteiger partial charge in [-0.15, -0.1) is 0 Å². The molecule has 0 N–H and O–H groups in total. The van der Waals surface area contributed by atoms with E-state index in [1.807, 2.05) is 74.5 Å². The van der Waals surface area contributed by atoms with Crippen LogP contribution < -0.4 is 4.74 Å². The maximum absolute atomic E-state index is 13.0. The van der Waals surface area contributed by atoms with Gasteiger partial charge in [-0.1, -0.05) is 58.4 Å². The van der Waals surface area contributed by atoms with Crippen LogP contribution in [0.4, 0.5) is 4.79 Å². The third kappa shape index (κ3) is 4.30. The minimum absolute atomic E-state index is 0.00854. The van der Waals surface area contributed by atoms with Gasteiger partial charge in [0, 0.05) is 10.0 Å².